The highest BCUT2D eigenvalue weighted by molar-refractivity contribution is 7.91. The molecule has 1 aliphatic heterocycles. The van der Waals surface area contributed by atoms with Gasteiger partial charge in [0.25, 0.3) is 0 Å². The SMILES string of the molecule is CCS(=O)(=O)CCN(CC1CCCNC1)C(C)C. The van der Waals surface area contributed by atoms with Gasteiger partial charge in [-0.25, -0.2) is 8.42 Å². The summed E-state index contributed by atoms with van der Waals surface area (Å²) in [4.78, 5) is 2.31. The molecule has 1 rings (SSSR count). The van der Waals surface area contributed by atoms with Crippen LogP contribution in [0.25, 0.3) is 0 Å². The van der Waals surface area contributed by atoms with Gasteiger partial charge in [-0.05, 0) is 45.7 Å². The molecule has 0 radical (unpaired) electrons. The zero-order valence-electron chi connectivity index (χ0n) is 12.0. The van der Waals surface area contributed by atoms with Crippen molar-refractivity contribution in [3.05, 3.63) is 0 Å². The molecule has 108 valence electrons. The first-order valence-electron chi connectivity index (χ1n) is 7.09. The largest absolute Gasteiger partial charge is 0.316 e. The Morgan fingerprint density at radius 3 is 2.61 bits per heavy atom. The molecule has 0 aromatic rings. The lowest BCUT2D eigenvalue weighted by atomic mass is 9.98. The normalized spacial score (nSPS) is 21.7. The van der Waals surface area contributed by atoms with Crippen molar-refractivity contribution >= 4 is 9.84 Å². The predicted molar refractivity (Wildman–Crippen MR) is 76.6 cm³/mol. The molecule has 1 N–H and O–H groups in total. The summed E-state index contributed by atoms with van der Waals surface area (Å²) in [6, 6.07) is 0.416. The summed E-state index contributed by atoms with van der Waals surface area (Å²) in [6.07, 6.45) is 2.50. The lowest BCUT2D eigenvalue weighted by molar-refractivity contribution is 0.180. The monoisotopic (exact) mass is 276 g/mol. The maximum atomic E-state index is 11.6. The van der Waals surface area contributed by atoms with Crippen molar-refractivity contribution in [3.63, 3.8) is 0 Å². The van der Waals surface area contributed by atoms with Gasteiger partial charge in [-0.2, -0.15) is 0 Å². The summed E-state index contributed by atoms with van der Waals surface area (Å²) in [5.74, 6) is 1.22. The lowest BCUT2D eigenvalue weighted by Gasteiger charge is -2.32. The number of hydrogen-bond donors (Lipinski definition) is 1. The molecule has 0 spiro atoms. The van der Waals surface area contributed by atoms with Gasteiger partial charge in [0.1, 0.15) is 0 Å². The summed E-state index contributed by atoms with van der Waals surface area (Å²) in [5.41, 5.74) is 0. The van der Waals surface area contributed by atoms with Crippen LogP contribution in [0.4, 0.5) is 0 Å². The average Bonchev–Trinajstić information content (AvgIpc) is 2.35. The Morgan fingerprint density at radius 2 is 2.11 bits per heavy atom. The van der Waals surface area contributed by atoms with E-state index in [1.54, 1.807) is 6.92 Å². The maximum Gasteiger partial charge on any atom is 0.151 e. The Hall–Kier alpha value is -0.130. The van der Waals surface area contributed by atoms with Gasteiger partial charge >= 0.3 is 0 Å². The first-order valence-corrected chi connectivity index (χ1v) is 8.92. The number of sulfone groups is 1. The van der Waals surface area contributed by atoms with E-state index in [4.69, 9.17) is 0 Å². The van der Waals surface area contributed by atoms with Gasteiger partial charge in [-0.3, -0.25) is 4.90 Å². The Balaban J connectivity index is 2.44. The summed E-state index contributed by atoms with van der Waals surface area (Å²) < 4.78 is 23.2. The van der Waals surface area contributed by atoms with Crippen LogP contribution in [0, 0.1) is 5.92 Å². The lowest BCUT2D eigenvalue weighted by Crippen LogP contribution is -2.43. The van der Waals surface area contributed by atoms with Crippen molar-refractivity contribution < 1.29 is 8.42 Å². The van der Waals surface area contributed by atoms with Crippen molar-refractivity contribution in [2.45, 2.75) is 39.7 Å². The van der Waals surface area contributed by atoms with E-state index >= 15 is 0 Å². The Bertz CT molecular complexity index is 322. The predicted octanol–water partition coefficient (Wildman–Crippen LogP) is 1.13. The first-order chi connectivity index (χ1) is 8.44. The second-order valence-corrected chi connectivity index (χ2v) is 8.01. The molecule has 0 aromatic heterocycles. The van der Waals surface area contributed by atoms with E-state index in [0.29, 0.717) is 24.3 Å². The molecular formula is C13H28N2O2S. The molecule has 1 atom stereocenters. The molecule has 18 heavy (non-hydrogen) atoms. The van der Waals surface area contributed by atoms with Gasteiger partial charge in [-0.1, -0.05) is 6.92 Å². The summed E-state index contributed by atoms with van der Waals surface area (Å²) in [6.45, 7) is 9.91. The number of hydrogen-bond acceptors (Lipinski definition) is 4. The van der Waals surface area contributed by atoms with Gasteiger partial charge in [0.15, 0.2) is 9.84 Å². The zero-order chi connectivity index (χ0) is 13.6. The van der Waals surface area contributed by atoms with Crippen molar-refractivity contribution in [1.29, 1.82) is 0 Å². The second-order valence-electron chi connectivity index (χ2n) is 5.54. The third-order valence-electron chi connectivity index (χ3n) is 3.75. The van der Waals surface area contributed by atoms with Crippen LogP contribution in [0.3, 0.4) is 0 Å². The molecule has 1 aliphatic rings. The van der Waals surface area contributed by atoms with E-state index in [0.717, 1.165) is 19.6 Å². The van der Waals surface area contributed by atoms with Crippen LogP contribution >= 0.6 is 0 Å². The number of piperidine rings is 1. The van der Waals surface area contributed by atoms with Crippen molar-refractivity contribution in [2.75, 3.05) is 37.7 Å². The van der Waals surface area contributed by atoms with Crippen LogP contribution in [-0.4, -0.2) is 57.0 Å². The molecule has 1 heterocycles. The van der Waals surface area contributed by atoms with Crippen molar-refractivity contribution in [1.82, 2.24) is 10.2 Å². The summed E-state index contributed by atoms with van der Waals surface area (Å²) in [5, 5.41) is 3.42. The molecule has 1 unspecified atom stereocenters. The second kappa shape index (κ2) is 7.46. The van der Waals surface area contributed by atoms with Crippen molar-refractivity contribution in [2.24, 2.45) is 5.92 Å². The Labute approximate surface area is 112 Å². The van der Waals surface area contributed by atoms with Crippen LogP contribution in [0.15, 0.2) is 0 Å². The van der Waals surface area contributed by atoms with E-state index < -0.39 is 9.84 Å². The molecule has 4 nitrogen and oxygen atoms in total. The highest BCUT2D eigenvalue weighted by atomic mass is 32.2. The minimum absolute atomic E-state index is 0.254. The van der Waals surface area contributed by atoms with E-state index in [9.17, 15) is 8.42 Å². The topological polar surface area (TPSA) is 49.4 Å². The molecule has 0 amide bonds. The Kier molecular flexibility index (Phi) is 6.60. The van der Waals surface area contributed by atoms with Gasteiger partial charge in [-0.15, -0.1) is 0 Å². The van der Waals surface area contributed by atoms with E-state index in [-0.39, 0.29) is 5.75 Å². The fourth-order valence-corrected chi connectivity index (χ4v) is 3.17. The Morgan fingerprint density at radius 1 is 1.39 bits per heavy atom. The van der Waals surface area contributed by atoms with Crippen LogP contribution in [0.2, 0.25) is 0 Å². The standard InChI is InChI=1S/C13H28N2O2S/c1-4-18(16,17)9-8-15(12(2)3)11-13-6-5-7-14-10-13/h12-14H,4-11H2,1-3H3. The fraction of sp³-hybridized carbons (Fsp3) is 1.00. The van der Waals surface area contributed by atoms with Gasteiger partial charge in [0, 0.05) is 24.9 Å². The number of rotatable bonds is 7. The van der Waals surface area contributed by atoms with Crippen LogP contribution < -0.4 is 5.32 Å². The molecule has 1 fully saturated rings. The highest BCUT2D eigenvalue weighted by Gasteiger charge is 2.20. The molecule has 0 aromatic carbocycles. The van der Waals surface area contributed by atoms with Crippen LogP contribution in [0.5, 0.6) is 0 Å². The van der Waals surface area contributed by atoms with Gasteiger partial charge in [0.2, 0.25) is 0 Å². The maximum absolute atomic E-state index is 11.6. The molecule has 1 saturated heterocycles. The molecule has 0 saturated carbocycles. The fourth-order valence-electron chi connectivity index (χ4n) is 2.37. The molecule has 5 heteroatoms. The minimum atomic E-state index is -2.85. The van der Waals surface area contributed by atoms with E-state index in [2.05, 4.69) is 24.1 Å². The third kappa shape index (κ3) is 5.67. The minimum Gasteiger partial charge on any atom is -0.316 e. The molecular weight excluding hydrogens is 248 g/mol. The van der Waals surface area contributed by atoms with E-state index in [1.165, 1.54) is 12.8 Å². The summed E-state index contributed by atoms with van der Waals surface area (Å²) in [7, 11) is -2.85. The third-order valence-corrected chi connectivity index (χ3v) is 5.44. The number of nitrogens with one attached hydrogen (secondary N) is 1. The van der Waals surface area contributed by atoms with Crippen LogP contribution in [-0.2, 0) is 9.84 Å². The van der Waals surface area contributed by atoms with E-state index in [1.807, 2.05) is 0 Å². The molecule has 0 bridgehead atoms. The molecule has 0 aliphatic carbocycles. The smallest absolute Gasteiger partial charge is 0.151 e. The quantitative estimate of drug-likeness (QED) is 0.757. The summed E-state index contributed by atoms with van der Waals surface area (Å²) >= 11 is 0. The zero-order valence-corrected chi connectivity index (χ0v) is 12.8. The first kappa shape index (κ1) is 15.9. The highest BCUT2D eigenvalue weighted by Crippen LogP contribution is 2.13. The van der Waals surface area contributed by atoms with Crippen LogP contribution in [0.1, 0.15) is 33.6 Å². The van der Waals surface area contributed by atoms with Crippen molar-refractivity contribution in [3.8, 4) is 0 Å². The van der Waals surface area contributed by atoms with Gasteiger partial charge < -0.3 is 5.32 Å². The average molecular weight is 276 g/mol. The number of nitrogens with zero attached hydrogens (tertiary/aromatic N) is 1. The van der Waals surface area contributed by atoms with Gasteiger partial charge in [0.05, 0.1) is 5.75 Å².